The summed E-state index contributed by atoms with van der Waals surface area (Å²) in [7, 11) is 1.56. The topological polar surface area (TPSA) is 109 Å². The molecule has 0 aliphatic carbocycles. The van der Waals surface area contributed by atoms with E-state index in [1.165, 1.54) is 16.7 Å². The fraction of sp³-hybridized carbons (Fsp3) is 0.652. The summed E-state index contributed by atoms with van der Waals surface area (Å²) in [5, 5.41) is 18.2. The van der Waals surface area contributed by atoms with Gasteiger partial charge in [-0.15, -0.1) is 0 Å². The summed E-state index contributed by atoms with van der Waals surface area (Å²) in [4.78, 5) is 27.7. The highest BCUT2D eigenvalue weighted by atomic mass is 16.3. The number of nitrogens with zero attached hydrogens (tertiary/aromatic N) is 2. The quantitative estimate of drug-likeness (QED) is 0.438. The number of carbonyl (C=O) groups excluding carboxylic acids is 2. The Labute approximate surface area is 189 Å². The first kappa shape index (κ1) is 23.1. The second-order valence-corrected chi connectivity index (χ2v) is 10.2. The van der Waals surface area contributed by atoms with E-state index in [1.807, 2.05) is 25.8 Å². The Morgan fingerprint density at radius 1 is 1.25 bits per heavy atom. The number of benzene rings is 1. The number of likely N-dealkylation sites (N-methyl/N-ethyl adjacent to an activating group) is 1. The maximum absolute atomic E-state index is 13.7. The number of hydrazine groups is 2. The van der Waals surface area contributed by atoms with Gasteiger partial charge in [-0.25, -0.2) is 10.4 Å². The SMILES string of the molecule is CNC(=O)[C@@H]1C[C@@H](O)CN1C(=O)[C@@H](N1CC(c2cccc3c2CCNC3)NN1)C(C)(C)C. The van der Waals surface area contributed by atoms with Gasteiger partial charge in [0.1, 0.15) is 12.1 Å². The second kappa shape index (κ2) is 9.07. The van der Waals surface area contributed by atoms with Crippen molar-refractivity contribution in [1.29, 1.82) is 0 Å². The van der Waals surface area contributed by atoms with Crippen LogP contribution in [0.4, 0.5) is 0 Å². The van der Waals surface area contributed by atoms with Crippen molar-refractivity contribution < 1.29 is 14.7 Å². The van der Waals surface area contributed by atoms with Gasteiger partial charge in [-0.3, -0.25) is 9.59 Å². The zero-order valence-corrected chi connectivity index (χ0v) is 19.4. The number of rotatable bonds is 4. The molecule has 176 valence electrons. The van der Waals surface area contributed by atoms with Gasteiger partial charge in [0, 0.05) is 33.1 Å². The van der Waals surface area contributed by atoms with Crippen LogP contribution in [0.15, 0.2) is 18.2 Å². The lowest BCUT2D eigenvalue weighted by atomic mass is 9.84. The summed E-state index contributed by atoms with van der Waals surface area (Å²) in [5.74, 6) is -0.380. The van der Waals surface area contributed by atoms with Crippen molar-refractivity contribution in [2.45, 2.75) is 64.4 Å². The molecule has 0 spiro atoms. The van der Waals surface area contributed by atoms with E-state index in [1.54, 1.807) is 11.9 Å². The molecule has 1 unspecified atom stereocenters. The first-order valence-electron chi connectivity index (χ1n) is 11.5. The normalized spacial score (nSPS) is 27.3. The van der Waals surface area contributed by atoms with Crippen molar-refractivity contribution >= 4 is 11.8 Å². The molecule has 3 aliphatic heterocycles. The highest BCUT2D eigenvalue weighted by Gasteiger charge is 2.47. The van der Waals surface area contributed by atoms with Crippen LogP contribution < -0.4 is 21.6 Å². The molecule has 5 N–H and O–H groups in total. The molecule has 9 nitrogen and oxygen atoms in total. The largest absolute Gasteiger partial charge is 0.391 e. The Morgan fingerprint density at radius 3 is 2.75 bits per heavy atom. The minimum atomic E-state index is -0.691. The number of aliphatic hydroxyl groups is 1. The number of nitrogens with one attached hydrogen (secondary N) is 4. The van der Waals surface area contributed by atoms with Gasteiger partial charge in [0.25, 0.3) is 0 Å². The standard InChI is InChI=1S/C23H36N6O3/c1-23(2,3)20(22(32)28-12-15(30)10-19(28)21(31)24-4)29-13-18(26-27-29)17-7-5-6-14-11-25-9-8-16(14)17/h5-7,15,18-20,25-27,30H,8-13H2,1-4H3,(H,24,31)/t15-,18?,19+,20-/m1/s1. The van der Waals surface area contributed by atoms with Crippen LogP contribution in [0.3, 0.4) is 0 Å². The zero-order chi connectivity index (χ0) is 23.0. The van der Waals surface area contributed by atoms with E-state index < -0.39 is 18.2 Å². The number of likely N-dealkylation sites (tertiary alicyclic amines) is 1. The Balaban J connectivity index is 1.56. The van der Waals surface area contributed by atoms with Crippen molar-refractivity contribution in [3.63, 3.8) is 0 Å². The molecule has 4 rings (SSSR count). The van der Waals surface area contributed by atoms with Crippen molar-refractivity contribution in [3.05, 3.63) is 34.9 Å². The van der Waals surface area contributed by atoms with Crippen LogP contribution in [-0.4, -0.2) is 71.7 Å². The minimum absolute atomic E-state index is 0.0552. The Hall–Kier alpha value is -2.04. The summed E-state index contributed by atoms with van der Waals surface area (Å²) in [5.41, 5.74) is 10.2. The summed E-state index contributed by atoms with van der Waals surface area (Å²) in [6.07, 6.45) is 0.565. The van der Waals surface area contributed by atoms with Gasteiger partial charge in [-0.1, -0.05) is 39.0 Å². The zero-order valence-electron chi connectivity index (χ0n) is 19.4. The molecule has 0 radical (unpaired) electrons. The number of carbonyl (C=O) groups is 2. The molecule has 4 atom stereocenters. The lowest BCUT2D eigenvalue weighted by Crippen LogP contribution is -2.60. The van der Waals surface area contributed by atoms with Crippen LogP contribution in [0.25, 0.3) is 0 Å². The van der Waals surface area contributed by atoms with Gasteiger partial charge in [0.15, 0.2) is 0 Å². The van der Waals surface area contributed by atoms with Gasteiger partial charge in [0.2, 0.25) is 11.8 Å². The summed E-state index contributed by atoms with van der Waals surface area (Å²) >= 11 is 0. The maximum atomic E-state index is 13.7. The van der Waals surface area contributed by atoms with Crippen LogP contribution in [0.1, 0.15) is 49.9 Å². The number of amides is 2. The summed E-state index contributed by atoms with van der Waals surface area (Å²) in [6, 6.07) is 5.34. The molecule has 32 heavy (non-hydrogen) atoms. The molecular formula is C23H36N6O3. The van der Waals surface area contributed by atoms with E-state index in [0.29, 0.717) is 6.54 Å². The molecule has 3 aliphatic rings. The Bertz CT molecular complexity index is 870. The molecule has 0 saturated carbocycles. The highest BCUT2D eigenvalue weighted by Crippen LogP contribution is 2.33. The van der Waals surface area contributed by atoms with E-state index in [0.717, 1.165) is 19.5 Å². The molecule has 2 saturated heterocycles. The predicted octanol–water partition coefficient (Wildman–Crippen LogP) is -0.179. The third kappa shape index (κ3) is 4.40. The fourth-order valence-electron chi connectivity index (χ4n) is 5.28. The molecule has 9 heteroatoms. The Morgan fingerprint density at radius 2 is 2.03 bits per heavy atom. The number of hydrogen-bond donors (Lipinski definition) is 5. The lowest BCUT2D eigenvalue weighted by Gasteiger charge is -2.39. The van der Waals surface area contributed by atoms with E-state index in [9.17, 15) is 14.7 Å². The molecule has 1 aromatic rings. The van der Waals surface area contributed by atoms with Gasteiger partial charge < -0.3 is 20.6 Å². The smallest absolute Gasteiger partial charge is 0.242 e. The molecule has 0 aromatic heterocycles. The Kier molecular flexibility index (Phi) is 6.56. The predicted molar refractivity (Wildman–Crippen MR) is 121 cm³/mol. The first-order valence-corrected chi connectivity index (χ1v) is 11.5. The third-order valence-corrected chi connectivity index (χ3v) is 6.79. The van der Waals surface area contributed by atoms with Gasteiger partial charge >= 0.3 is 0 Å². The van der Waals surface area contributed by atoms with E-state index in [-0.39, 0.29) is 36.2 Å². The second-order valence-electron chi connectivity index (χ2n) is 10.2. The average Bonchev–Trinajstić information content (AvgIpc) is 3.38. The fourth-order valence-corrected chi connectivity index (χ4v) is 5.28. The number of fused-ring (bicyclic) bond motifs is 1. The number of β-amino-alcohol motifs (C(OH)–C–C–N with tert-alkyl or cyclic N) is 1. The van der Waals surface area contributed by atoms with Crippen LogP contribution in [0.5, 0.6) is 0 Å². The van der Waals surface area contributed by atoms with Gasteiger partial charge in [0.05, 0.1) is 12.1 Å². The third-order valence-electron chi connectivity index (χ3n) is 6.79. The van der Waals surface area contributed by atoms with Crippen molar-refractivity contribution in [3.8, 4) is 0 Å². The van der Waals surface area contributed by atoms with Crippen molar-refractivity contribution in [2.75, 3.05) is 26.7 Å². The lowest BCUT2D eigenvalue weighted by molar-refractivity contribution is -0.147. The van der Waals surface area contributed by atoms with Crippen molar-refractivity contribution in [1.82, 2.24) is 31.5 Å². The molecular weight excluding hydrogens is 408 g/mol. The minimum Gasteiger partial charge on any atom is -0.391 e. The van der Waals surface area contributed by atoms with Gasteiger partial charge in [-0.05, 0) is 35.1 Å². The molecule has 0 bridgehead atoms. The van der Waals surface area contributed by atoms with Crippen LogP contribution in [-0.2, 0) is 22.6 Å². The molecule has 2 fully saturated rings. The highest BCUT2D eigenvalue weighted by molar-refractivity contribution is 5.90. The maximum Gasteiger partial charge on any atom is 0.242 e. The average molecular weight is 445 g/mol. The number of aliphatic hydroxyl groups excluding tert-OH is 1. The van der Waals surface area contributed by atoms with Crippen LogP contribution in [0.2, 0.25) is 0 Å². The monoisotopic (exact) mass is 444 g/mol. The van der Waals surface area contributed by atoms with E-state index in [4.69, 9.17) is 0 Å². The van der Waals surface area contributed by atoms with E-state index >= 15 is 0 Å². The summed E-state index contributed by atoms with van der Waals surface area (Å²) in [6.45, 7) is 8.74. The summed E-state index contributed by atoms with van der Waals surface area (Å²) < 4.78 is 0. The van der Waals surface area contributed by atoms with Gasteiger partial charge in [-0.2, -0.15) is 5.53 Å². The first-order chi connectivity index (χ1) is 15.2. The van der Waals surface area contributed by atoms with E-state index in [2.05, 4.69) is 39.8 Å². The van der Waals surface area contributed by atoms with Crippen molar-refractivity contribution in [2.24, 2.45) is 5.41 Å². The van der Waals surface area contributed by atoms with Crippen LogP contribution in [0, 0.1) is 5.41 Å². The van der Waals surface area contributed by atoms with Crippen LogP contribution >= 0.6 is 0 Å². The molecule has 2 amide bonds. The molecule has 3 heterocycles. The number of hydrogen-bond acceptors (Lipinski definition) is 7. The molecule has 1 aromatic carbocycles.